The minimum atomic E-state index is -3.06. The van der Waals surface area contributed by atoms with E-state index in [1.807, 2.05) is 182 Å². The molecule has 23 aromatic rings. The van der Waals surface area contributed by atoms with E-state index < -0.39 is 21.4 Å². The molecule has 0 aliphatic rings. The van der Waals surface area contributed by atoms with Gasteiger partial charge in [0.25, 0.3) is 0 Å². The van der Waals surface area contributed by atoms with Crippen LogP contribution < -0.4 is 47.7 Å². The largest absolute Gasteiger partial charge is 0.309 e. The van der Waals surface area contributed by atoms with Crippen LogP contribution in [0.1, 0.15) is 0 Å². The fraction of sp³-hybridized carbons (Fsp3) is 0. The second-order valence-corrected chi connectivity index (χ2v) is 41.1. The Balaban J connectivity index is 0.000000118. The molecule has 3 nitrogen and oxygen atoms in total. The second-order valence-electron chi connectivity index (χ2n) is 32.8. The standard InChI is InChI=1S/C44H31OP.C42H29OP.C38H27OP/c45-46(36-19-6-2-7-20-36,37-21-8-3-9-22-37)38-29-27-33(28-30-38)43-39-23-10-12-25-41(39)44(42-26-13-11-24-40(42)43)35-18-14-17-34(31-35)32-15-4-1-5-16-32;43-44(32-16-3-1-4-17-32,33-18-5-2-6-19-33)34-28-26-31(27-29-34)41-37-21-9-11-23-39(37)42(40-24-12-10-22-38(40)41)36-25-13-15-30-14-7-8-20-35(30)36;39-40(30-16-6-2-7-17-30,31-18-8-3-9-19-31)32-26-24-29(25-27-32)38-35-22-12-10-20-33(35)37(28-14-4-1-5-15-28)34-21-11-13-23-36(34)38/h1-31H;1-29H;1-27H. The monoisotopic (exact) mass is 1720 g/mol. The third kappa shape index (κ3) is 15.0. The van der Waals surface area contributed by atoms with E-state index in [-0.39, 0.29) is 0 Å². The van der Waals surface area contributed by atoms with Crippen molar-refractivity contribution in [1.82, 2.24) is 0 Å². The lowest BCUT2D eigenvalue weighted by molar-refractivity contribution is 0.591. The Bertz CT molecular complexity index is 7940. The van der Waals surface area contributed by atoms with Crippen LogP contribution in [0.25, 0.3) is 153 Å². The van der Waals surface area contributed by atoms with Gasteiger partial charge in [0.15, 0.2) is 21.4 Å². The van der Waals surface area contributed by atoms with Gasteiger partial charge in [-0.25, -0.2) is 0 Å². The van der Waals surface area contributed by atoms with Crippen molar-refractivity contribution in [2.75, 3.05) is 0 Å². The molecular formula is C124H87O3P3. The minimum Gasteiger partial charge on any atom is -0.309 e. The van der Waals surface area contributed by atoms with Crippen molar-refractivity contribution in [2.45, 2.75) is 0 Å². The Morgan fingerprint density at radius 3 is 0.569 bits per heavy atom. The van der Waals surface area contributed by atoms with Gasteiger partial charge in [-0.05, 0) is 159 Å². The van der Waals surface area contributed by atoms with E-state index in [1.165, 1.54) is 137 Å². The fourth-order valence-electron chi connectivity index (χ4n) is 19.4. The van der Waals surface area contributed by atoms with Crippen molar-refractivity contribution in [3.8, 4) is 77.9 Å². The summed E-state index contributed by atoms with van der Waals surface area (Å²) in [7, 11) is -9.15. The Morgan fingerprint density at radius 2 is 0.292 bits per heavy atom. The van der Waals surface area contributed by atoms with E-state index in [4.69, 9.17) is 0 Å². The van der Waals surface area contributed by atoms with Crippen LogP contribution in [0.4, 0.5) is 0 Å². The van der Waals surface area contributed by atoms with Crippen molar-refractivity contribution in [1.29, 1.82) is 0 Å². The lowest BCUT2D eigenvalue weighted by atomic mass is 9.85. The molecule has 0 saturated carbocycles. The molecule has 0 unspecified atom stereocenters. The van der Waals surface area contributed by atoms with Gasteiger partial charge in [-0.3, -0.25) is 0 Å². The molecule has 0 N–H and O–H groups in total. The average molecular weight is 1720 g/mol. The topological polar surface area (TPSA) is 51.2 Å². The molecule has 0 heterocycles. The number of rotatable bonds is 16. The Hall–Kier alpha value is -15.4. The molecule has 0 radical (unpaired) electrons. The summed E-state index contributed by atoms with van der Waals surface area (Å²) in [5.41, 5.74) is 16.7. The second kappa shape index (κ2) is 35.8. The molecule has 0 amide bonds. The lowest BCUT2D eigenvalue weighted by Crippen LogP contribution is -2.24. The van der Waals surface area contributed by atoms with Gasteiger partial charge in [0.2, 0.25) is 0 Å². The average Bonchev–Trinajstić information content (AvgIpc) is 0.730. The summed E-state index contributed by atoms with van der Waals surface area (Å²) >= 11 is 0. The molecule has 0 atom stereocenters. The van der Waals surface area contributed by atoms with E-state index >= 15 is 4.57 Å². The maximum Gasteiger partial charge on any atom is 0.171 e. The summed E-state index contributed by atoms with van der Waals surface area (Å²) in [5.74, 6) is 0. The normalized spacial score (nSPS) is 11.6. The smallest absolute Gasteiger partial charge is 0.171 e. The number of fused-ring (bicyclic) bond motifs is 7. The van der Waals surface area contributed by atoms with Gasteiger partial charge in [-0.1, -0.05) is 522 Å². The number of benzene rings is 23. The Labute approximate surface area is 758 Å². The van der Waals surface area contributed by atoms with Gasteiger partial charge in [0, 0.05) is 47.7 Å². The van der Waals surface area contributed by atoms with Crippen LogP contribution in [0, 0.1) is 0 Å². The minimum absolute atomic E-state index is 0.830. The summed E-state index contributed by atoms with van der Waals surface area (Å²) < 4.78 is 44.9. The molecule has 6 heteroatoms. The summed E-state index contributed by atoms with van der Waals surface area (Å²) in [5, 5.41) is 24.6. The molecule has 616 valence electrons. The van der Waals surface area contributed by atoms with E-state index in [2.05, 4.69) is 346 Å². The molecule has 0 spiro atoms. The molecule has 0 fully saturated rings. The van der Waals surface area contributed by atoms with Crippen LogP contribution in [0.3, 0.4) is 0 Å². The van der Waals surface area contributed by atoms with Crippen LogP contribution in [-0.2, 0) is 13.7 Å². The highest BCUT2D eigenvalue weighted by Crippen LogP contribution is 2.52. The van der Waals surface area contributed by atoms with Crippen molar-refractivity contribution >= 4 is 145 Å². The molecule has 23 rings (SSSR count). The van der Waals surface area contributed by atoms with Crippen molar-refractivity contribution in [3.05, 3.63) is 528 Å². The third-order valence-corrected chi connectivity index (χ3v) is 34.7. The zero-order chi connectivity index (χ0) is 87.4. The van der Waals surface area contributed by atoms with E-state index in [0.717, 1.165) is 64.4 Å². The number of hydrogen-bond donors (Lipinski definition) is 0. The highest BCUT2D eigenvalue weighted by Gasteiger charge is 2.34. The molecule has 130 heavy (non-hydrogen) atoms. The molecule has 0 bridgehead atoms. The highest BCUT2D eigenvalue weighted by atomic mass is 31.2. The predicted molar refractivity (Wildman–Crippen MR) is 558 cm³/mol. The quantitative estimate of drug-likeness (QED) is 0.0716. The molecule has 0 aliphatic carbocycles. The molecular weight excluding hydrogens is 1630 g/mol. The van der Waals surface area contributed by atoms with Crippen LogP contribution in [-0.4, -0.2) is 0 Å². The summed E-state index contributed by atoms with van der Waals surface area (Å²) in [4.78, 5) is 0. The zero-order valence-corrected chi connectivity index (χ0v) is 74.0. The zero-order valence-electron chi connectivity index (χ0n) is 71.3. The Kier molecular flexibility index (Phi) is 22.5. The van der Waals surface area contributed by atoms with Gasteiger partial charge in [-0.15, -0.1) is 0 Å². The van der Waals surface area contributed by atoms with E-state index in [1.54, 1.807) is 0 Å². The van der Waals surface area contributed by atoms with E-state index in [0.29, 0.717) is 0 Å². The van der Waals surface area contributed by atoms with Crippen LogP contribution >= 0.6 is 21.4 Å². The van der Waals surface area contributed by atoms with Crippen molar-refractivity contribution in [2.24, 2.45) is 0 Å². The highest BCUT2D eigenvalue weighted by molar-refractivity contribution is 7.86. The maximum atomic E-state index is 15.0. The van der Waals surface area contributed by atoms with Crippen molar-refractivity contribution < 1.29 is 13.7 Å². The van der Waals surface area contributed by atoms with Gasteiger partial charge in [0.1, 0.15) is 0 Å². The van der Waals surface area contributed by atoms with Crippen molar-refractivity contribution in [3.63, 3.8) is 0 Å². The number of hydrogen-bond acceptors (Lipinski definition) is 3. The Morgan fingerprint density at radius 1 is 0.115 bits per heavy atom. The first-order valence-electron chi connectivity index (χ1n) is 44.2. The van der Waals surface area contributed by atoms with Crippen LogP contribution in [0.5, 0.6) is 0 Å². The van der Waals surface area contributed by atoms with Gasteiger partial charge < -0.3 is 13.7 Å². The lowest BCUT2D eigenvalue weighted by Gasteiger charge is -2.21. The summed E-state index contributed by atoms with van der Waals surface area (Å²) in [6.45, 7) is 0. The fourth-order valence-corrected chi connectivity index (χ4v) is 27.4. The van der Waals surface area contributed by atoms with E-state index in [9.17, 15) is 9.13 Å². The third-order valence-electron chi connectivity index (χ3n) is 25.5. The summed E-state index contributed by atoms with van der Waals surface area (Å²) in [6, 6.07) is 182. The molecule has 0 saturated heterocycles. The molecule has 23 aromatic carbocycles. The predicted octanol–water partition coefficient (Wildman–Crippen LogP) is 29.7. The van der Waals surface area contributed by atoms with Gasteiger partial charge >= 0.3 is 0 Å². The maximum absolute atomic E-state index is 15.0. The SMILES string of the molecule is O=P(c1ccccc1)(c1ccccc1)c1ccc(-c2c3ccccc3c(-c3cccc(-c4ccccc4)c3)c3ccccc23)cc1.O=P(c1ccccc1)(c1ccccc1)c1ccc(-c2c3ccccc3c(-c3cccc4ccccc34)c3ccccc23)cc1.O=P(c1ccccc1)(c1ccccc1)c1ccc(-c2c3ccccc3c(-c3ccccc3)c3ccccc23)cc1. The molecule has 0 aliphatic heterocycles. The first kappa shape index (κ1) is 81.6. The molecule has 0 aromatic heterocycles. The van der Waals surface area contributed by atoms with Gasteiger partial charge in [-0.2, -0.15) is 0 Å². The first-order chi connectivity index (χ1) is 64.2. The summed E-state index contributed by atoms with van der Waals surface area (Å²) in [6.07, 6.45) is 0. The van der Waals surface area contributed by atoms with Gasteiger partial charge in [0.05, 0.1) is 0 Å². The van der Waals surface area contributed by atoms with Crippen LogP contribution in [0.15, 0.2) is 528 Å². The van der Waals surface area contributed by atoms with Crippen LogP contribution in [0.2, 0.25) is 0 Å². The first-order valence-corrected chi connectivity index (χ1v) is 49.3.